The molecule has 0 aliphatic heterocycles. The molecule has 0 saturated carbocycles. The summed E-state index contributed by atoms with van der Waals surface area (Å²) in [4.78, 5) is 0. The van der Waals surface area contributed by atoms with Gasteiger partial charge in [-0.1, -0.05) is 32.9 Å². The van der Waals surface area contributed by atoms with E-state index in [1.807, 2.05) is 6.07 Å². The van der Waals surface area contributed by atoms with E-state index < -0.39 is 0 Å². The fraction of sp³-hybridized carbons (Fsp3) is 0.333. The van der Waals surface area contributed by atoms with Crippen molar-refractivity contribution in [2.45, 2.75) is 33.1 Å². The van der Waals surface area contributed by atoms with Crippen molar-refractivity contribution < 1.29 is 13.7 Å². The van der Waals surface area contributed by atoms with Crippen LogP contribution in [0.15, 0.2) is 39.3 Å². The van der Waals surface area contributed by atoms with Gasteiger partial charge in [-0.3, -0.25) is 8.93 Å². The minimum atomic E-state index is 0.111. The second kappa shape index (κ2) is 5.40. The van der Waals surface area contributed by atoms with Crippen LogP contribution in [-0.4, -0.2) is 7.11 Å². The molecule has 22 heavy (non-hydrogen) atoms. The quantitative estimate of drug-likeness (QED) is 0.520. The van der Waals surface area contributed by atoms with Gasteiger partial charge < -0.3 is 4.74 Å². The van der Waals surface area contributed by atoms with Crippen molar-refractivity contribution in [3.05, 3.63) is 41.5 Å². The lowest BCUT2D eigenvalue weighted by atomic mass is 9.87. The number of rotatable bonds is 1. The van der Waals surface area contributed by atoms with Crippen molar-refractivity contribution in [1.82, 2.24) is 0 Å². The Morgan fingerprint density at radius 2 is 1.82 bits per heavy atom. The average molecular weight is 316 g/mol. The predicted molar refractivity (Wildman–Crippen MR) is 93.1 cm³/mol. The summed E-state index contributed by atoms with van der Waals surface area (Å²) in [6.45, 7) is 8.70. The molecule has 0 amide bonds. The molecular formula is C18H21O3P. The third kappa shape index (κ3) is 2.62. The molecule has 3 nitrogen and oxygen atoms in total. The SMILES string of the molecule is COc1cc(C)cc2c1oo[pH]c1cc(C(C)(C)C)ccc12. The highest BCUT2D eigenvalue weighted by Gasteiger charge is 2.15. The molecule has 0 saturated heterocycles. The normalized spacial score (nSPS) is 12.2. The largest absolute Gasteiger partial charge is 0.493 e. The maximum Gasteiger partial charge on any atom is 0.228 e. The molecule has 1 aromatic heterocycles. The van der Waals surface area contributed by atoms with Crippen molar-refractivity contribution >= 4 is 29.9 Å². The summed E-state index contributed by atoms with van der Waals surface area (Å²) >= 11 is 0. The van der Waals surface area contributed by atoms with Crippen LogP contribution in [0.4, 0.5) is 0 Å². The maximum atomic E-state index is 5.52. The van der Waals surface area contributed by atoms with Crippen molar-refractivity contribution in [2.24, 2.45) is 0 Å². The van der Waals surface area contributed by atoms with Gasteiger partial charge in [0.25, 0.3) is 0 Å². The summed E-state index contributed by atoms with van der Waals surface area (Å²) < 4.78 is 16.4. The van der Waals surface area contributed by atoms with Gasteiger partial charge in [-0.25, -0.2) is 0 Å². The number of ether oxygens (including phenoxy) is 1. The Morgan fingerprint density at radius 3 is 2.50 bits per heavy atom. The summed E-state index contributed by atoms with van der Waals surface area (Å²) in [6, 6.07) is 10.7. The van der Waals surface area contributed by atoms with Gasteiger partial charge in [0, 0.05) is 10.5 Å². The Hall–Kier alpha value is -1.86. The van der Waals surface area contributed by atoms with E-state index in [0.717, 1.165) is 16.3 Å². The average Bonchev–Trinajstić information content (AvgIpc) is 2.64. The number of benzene rings is 2. The molecule has 0 fully saturated rings. The molecule has 0 aliphatic carbocycles. The van der Waals surface area contributed by atoms with E-state index in [1.54, 1.807) is 7.11 Å². The van der Waals surface area contributed by atoms with Crippen LogP contribution < -0.4 is 4.74 Å². The number of fused-ring (bicyclic) bond motifs is 3. The van der Waals surface area contributed by atoms with Crippen LogP contribution >= 0.6 is 8.43 Å². The second-order valence-electron chi connectivity index (χ2n) is 6.62. The van der Waals surface area contributed by atoms with E-state index >= 15 is 0 Å². The first-order chi connectivity index (χ1) is 10.4. The fourth-order valence-corrected chi connectivity index (χ4v) is 3.37. The first-order valence-corrected chi connectivity index (χ1v) is 8.24. The van der Waals surface area contributed by atoms with Gasteiger partial charge in [0.2, 0.25) is 5.58 Å². The lowest BCUT2D eigenvalue weighted by Crippen LogP contribution is -2.10. The van der Waals surface area contributed by atoms with Crippen molar-refractivity contribution in [3.63, 3.8) is 0 Å². The van der Waals surface area contributed by atoms with Crippen LogP contribution in [0, 0.1) is 6.92 Å². The zero-order valence-electron chi connectivity index (χ0n) is 13.6. The molecular weight excluding hydrogens is 295 g/mol. The first-order valence-electron chi connectivity index (χ1n) is 7.33. The van der Waals surface area contributed by atoms with Gasteiger partial charge in [-0.05, 0) is 47.1 Å². The van der Waals surface area contributed by atoms with Gasteiger partial charge in [0.15, 0.2) is 5.75 Å². The van der Waals surface area contributed by atoms with Gasteiger partial charge in [-0.2, -0.15) is 0 Å². The Bertz CT molecular complexity index is 873. The van der Waals surface area contributed by atoms with E-state index in [1.165, 1.54) is 10.7 Å². The monoisotopic (exact) mass is 316 g/mol. The van der Waals surface area contributed by atoms with Crippen LogP contribution in [0.25, 0.3) is 21.5 Å². The Balaban J connectivity index is 2.44. The lowest BCUT2D eigenvalue weighted by molar-refractivity contribution is 0.123. The maximum absolute atomic E-state index is 5.52. The molecule has 2 aromatic carbocycles. The summed E-state index contributed by atoms with van der Waals surface area (Å²) in [7, 11) is 1.80. The van der Waals surface area contributed by atoms with Gasteiger partial charge >= 0.3 is 0 Å². The Labute approximate surface area is 131 Å². The lowest BCUT2D eigenvalue weighted by Gasteiger charge is -2.19. The van der Waals surface area contributed by atoms with Gasteiger partial charge in [0.1, 0.15) is 0 Å². The van der Waals surface area contributed by atoms with Crippen LogP contribution in [0.1, 0.15) is 31.9 Å². The molecule has 3 aromatic rings. The molecule has 1 heterocycles. The summed E-state index contributed by atoms with van der Waals surface area (Å²) in [5, 5.41) is 3.34. The molecule has 116 valence electrons. The Kier molecular flexibility index (Phi) is 3.70. The molecule has 0 bridgehead atoms. The highest BCUT2D eigenvalue weighted by atomic mass is 31.1. The van der Waals surface area contributed by atoms with E-state index in [9.17, 15) is 0 Å². The summed E-state index contributed by atoms with van der Waals surface area (Å²) in [6.07, 6.45) is 0. The van der Waals surface area contributed by atoms with Crippen LogP contribution in [0.5, 0.6) is 5.75 Å². The molecule has 1 unspecified atom stereocenters. The summed E-state index contributed by atoms with van der Waals surface area (Å²) in [5.74, 6) is 0.701. The summed E-state index contributed by atoms with van der Waals surface area (Å²) in [5.41, 5.74) is 3.20. The predicted octanol–water partition coefficient (Wildman–Crippen LogP) is 5.95. The molecule has 4 heteroatoms. The van der Waals surface area contributed by atoms with Crippen LogP contribution in [0.2, 0.25) is 0 Å². The first kappa shape index (κ1) is 15.1. The molecule has 0 N–H and O–H groups in total. The standard InChI is InChI=1S/C18H21O3P/c1-11-8-14-13-7-6-12(18(2,3)4)10-16(13)22-21-20-17(14)15(9-11)19-5/h6-10,22H,1-5H3. The zero-order chi connectivity index (χ0) is 15.9. The van der Waals surface area contributed by atoms with E-state index in [2.05, 4.69) is 52.0 Å². The smallest absolute Gasteiger partial charge is 0.228 e. The van der Waals surface area contributed by atoms with E-state index in [-0.39, 0.29) is 13.8 Å². The van der Waals surface area contributed by atoms with E-state index in [0.29, 0.717) is 11.3 Å². The third-order valence-electron chi connectivity index (χ3n) is 3.87. The highest BCUT2D eigenvalue weighted by molar-refractivity contribution is 7.30. The number of methoxy groups -OCH3 is 1. The number of hydrogen-bond donors (Lipinski definition) is 0. The Morgan fingerprint density at radius 1 is 1.05 bits per heavy atom. The number of hydrogen-bond acceptors (Lipinski definition) is 3. The van der Waals surface area contributed by atoms with Crippen molar-refractivity contribution in [1.29, 1.82) is 0 Å². The number of aryl methyl sites for hydroxylation is 1. The molecule has 0 radical (unpaired) electrons. The third-order valence-corrected chi connectivity index (χ3v) is 4.67. The topological polar surface area (TPSA) is 35.5 Å². The minimum absolute atomic E-state index is 0.111. The zero-order valence-corrected chi connectivity index (χ0v) is 14.6. The highest BCUT2D eigenvalue weighted by Crippen LogP contribution is 2.36. The molecule has 1 atom stereocenters. The molecule has 0 aliphatic rings. The van der Waals surface area contributed by atoms with Gasteiger partial charge in [0.05, 0.1) is 15.5 Å². The molecule has 3 rings (SSSR count). The van der Waals surface area contributed by atoms with Crippen molar-refractivity contribution in [2.75, 3.05) is 7.11 Å². The van der Waals surface area contributed by atoms with Gasteiger partial charge in [-0.15, -0.1) is 0 Å². The van der Waals surface area contributed by atoms with Crippen LogP contribution in [-0.2, 0) is 5.41 Å². The van der Waals surface area contributed by atoms with E-state index in [4.69, 9.17) is 13.7 Å². The minimum Gasteiger partial charge on any atom is -0.493 e. The fourth-order valence-electron chi connectivity index (χ4n) is 2.62. The second-order valence-corrected chi connectivity index (χ2v) is 7.53. The van der Waals surface area contributed by atoms with Crippen molar-refractivity contribution in [3.8, 4) is 5.75 Å². The van der Waals surface area contributed by atoms with Crippen LogP contribution in [0.3, 0.4) is 0 Å². The molecule has 0 spiro atoms.